The van der Waals surface area contributed by atoms with Gasteiger partial charge < -0.3 is 4.74 Å². The quantitative estimate of drug-likeness (QED) is 0.817. The third-order valence-corrected chi connectivity index (χ3v) is 5.95. The van der Waals surface area contributed by atoms with Crippen molar-refractivity contribution in [1.29, 1.82) is 0 Å². The van der Waals surface area contributed by atoms with Crippen LogP contribution in [0, 0.1) is 0 Å². The zero-order chi connectivity index (χ0) is 13.3. The molecule has 104 valence electrons. The molecule has 1 aliphatic heterocycles. The van der Waals surface area contributed by atoms with Crippen LogP contribution in [0.2, 0.25) is 0 Å². The van der Waals surface area contributed by atoms with Gasteiger partial charge in [0.05, 0.1) is 5.25 Å². The van der Waals surface area contributed by atoms with Gasteiger partial charge in [-0.3, -0.25) is 0 Å². The van der Waals surface area contributed by atoms with Crippen LogP contribution in [-0.4, -0.2) is 47.1 Å². The Balaban J connectivity index is 1.55. The normalized spacial score (nSPS) is 22.3. The maximum Gasteiger partial charge on any atom is 0.216 e. The highest BCUT2D eigenvalue weighted by atomic mass is 32.2. The summed E-state index contributed by atoms with van der Waals surface area (Å²) in [6, 6.07) is 1.72. The summed E-state index contributed by atoms with van der Waals surface area (Å²) in [5.41, 5.74) is 0. The van der Waals surface area contributed by atoms with E-state index in [1.165, 1.54) is 6.33 Å². The molecular formula is C12H17N3O3S. The van der Waals surface area contributed by atoms with Gasteiger partial charge in [-0.15, -0.1) is 0 Å². The molecule has 0 radical (unpaired) electrons. The second-order valence-electron chi connectivity index (χ2n) is 5.01. The Morgan fingerprint density at radius 3 is 2.53 bits per heavy atom. The molecule has 0 unspecified atom stereocenters. The zero-order valence-corrected chi connectivity index (χ0v) is 11.4. The molecule has 0 bridgehead atoms. The summed E-state index contributed by atoms with van der Waals surface area (Å²) in [6.45, 7) is 1.10. The van der Waals surface area contributed by atoms with E-state index >= 15 is 0 Å². The van der Waals surface area contributed by atoms with E-state index in [-0.39, 0.29) is 11.4 Å². The molecule has 0 aromatic carbocycles. The van der Waals surface area contributed by atoms with Crippen molar-refractivity contribution in [2.75, 3.05) is 13.1 Å². The summed E-state index contributed by atoms with van der Waals surface area (Å²) >= 11 is 0. The molecule has 2 heterocycles. The van der Waals surface area contributed by atoms with Gasteiger partial charge in [0.1, 0.15) is 12.4 Å². The highest BCUT2D eigenvalue weighted by molar-refractivity contribution is 7.90. The van der Waals surface area contributed by atoms with Gasteiger partial charge in [-0.05, 0) is 25.7 Å². The molecule has 1 aliphatic carbocycles. The number of hydrogen-bond acceptors (Lipinski definition) is 5. The highest BCUT2D eigenvalue weighted by Gasteiger charge is 2.41. The molecule has 0 N–H and O–H groups in total. The third kappa shape index (κ3) is 2.87. The Kier molecular flexibility index (Phi) is 3.40. The van der Waals surface area contributed by atoms with Crippen molar-refractivity contribution in [3.63, 3.8) is 0 Å². The monoisotopic (exact) mass is 283 g/mol. The number of ether oxygens (including phenoxy) is 1. The van der Waals surface area contributed by atoms with Gasteiger partial charge in [-0.25, -0.2) is 22.7 Å². The van der Waals surface area contributed by atoms with Crippen LogP contribution >= 0.6 is 0 Å². The van der Waals surface area contributed by atoms with Crippen LogP contribution in [0.15, 0.2) is 18.6 Å². The number of hydrogen-bond donors (Lipinski definition) is 0. The average molecular weight is 283 g/mol. The van der Waals surface area contributed by atoms with Crippen LogP contribution in [-0.2, 0) is 10.0 Å². The minimum absolute atomic E-state index is 0.0422. The Morgan fingerprint density at radius 1 is 1.21 bits per heavy atom. The van der Waals surface area contributed by atoms with Gasteiger partial charge in [-0.1, -0.05) is 0 Å². The van der Waals surface area contributed by atoms with Gasteiger partial charge in [-0.2, -0.15) is 0 Å². The molecule has 0 spiro atoms. The maximum atomic E-state index is 12.1. The molecule has 2 fully saturated rings. The molecule has 0 atom stereocenters. The molecule has 7 heteroatoms. The zero-order valence-electron chi connectivity index (χ0n) is 10.6. The van der Waals surface area contributed by atoms with Crippen LogP contribution in [0.1, 0.15) is 25.7 Å². The first-order chi connectivity index (χ1) is 9.16. The van der Waals surface area contributed by atoms with Crippen molar-refractivity contribution in [2.45, 2.75) is 37.0 Å². The van der Waals surface area contributed by atoms with Crippen LogP contribution in [0.25, 0.3) is 0 Å². The summed E-state index contributed by atoms with van der Waals surface area (Å²) in [5.74, 6) is 0.554. The molecule has 3 rings (SSSR count). The molecule has 1 saturated heterocycles. The Labute approximate surface area is 112 Å². The van der Waals surface area contributed by atoms with Crippen molar-refractivity contribution in [2.24, 2.45) is 0 Å². The lowest BCUT2D eigenvalue weighted by molar-refractivity contribution is 0.129. The Bertz CT molecular complexity index is 522. The second kappa shape index (κ2) is 5.05. The molecular weight excluding hydrogens is 266 g/mol. The fourth-order valence-electron chi connectivity index (χ4n) is 2.30. The lowest BCUT2D eigenvalue weighted by Crippen LogP contribution is -2.43. The van der Waals surface area contributed by atoms with Crippen LogP contribution in [0.4, 0.5) is 0 Å². The average Bonchev–Trinajstić information content (AvgIpc) is 3.25. The van der Waals surface area contributed by atoms with Crippen molar-refractivity contribution in [1.82, 2.24) is 14.3 Å². The van der Waals surface area contributed by atoms with Gasteiger partial charge in [0.25, 0.3) is 0 Å². The van der Waals surface area contributed by atoms with Crippen LogP contribution < -0.4 is 4.74 Å². The molecule has 0 amide bonds. The highest BCUT2D eigenvalue weighted by Crippen LogP contribution is 2.32. The van der Waals surface area contributed by atoms with E-state index in [1.807, 2.05) is 0 Å². The van der Waals surface area contributed by atoms with Gasteiger partial charge >= 0.3 is 0 Å². The van der Waals surface area contributed by atoms with E-state index < -0.39 is 10.0 Å². The van der Waals surface area contributed by atoms with E-state index in [0.29, 0.717) is 19.0 Å². The number of sulfonamides is 1. The standard InChI is InChI=1S/C12H17N3O3S/c16-19(17,11-1-2-11)15-7-4-10(5-8-15)18-12-3-6-13-9-14-12/h3,6,9-11H,1-2,4-5,7-8H2. The van der Waals surface area contributed by atoms with Gasteiger partial charge in [0.15, 0.2) is 0 Å². The molecule has 1 aromatic heterocycles. The van der Waals surface area contributed by atoms with Crippen molar-refractivity contribution in [3.05, 3.63) is 18.6 Å². The molecule has 2 aliphatic rings. The third-order valence-electron chi connectivity index (χ3n) is 3.55. The predicted molar refractivity (Wildman–Crippen MR) is 69.2 cm³/mol. The largest absolute Gasteiger partial charge is 0.474 e. The van der Waals surface area contributed by atoms with Gasteiger partial charge in [0, 0.05) is 25.4 Å². The number of piperidine rings is 1. The summed E-state index contributed by atoms with van der Waals surface area (Å²) in [4.78, 5) is 7.84. The van der Waals surface area contributed by atoms with Crippen molar-refractivity contribution < 1.29 is 13.2 Å². The Morgan fingerprint density at radius 2 is 1.95 bits per heavy atom. The minimum Gasteiger partial charge on any atom is -0.474 e. The first-order valence-electron chi connectivity index (χ1n) is 6.58. The Hall–Kier alpha value is -1.21. The lowest BCUT2D eigenvalue weighted by atomic mass is 10.1. The molecule has 1 aromatic rings. The number of nitrogens with zero attached hydrogens (tertiary/aromatic N) is 3. The summed E-state index contributed by atoms with van der Waals surface area (Å²) in [5, 5.41) is -0.119. The fraction of sp³-hybridized carbons (Fsp3) is 0.667. The number of aromatic nitrogens is 2. The number of rotatable bonds is 4. The van der Waals surface area contributed by atoms with Crippen molar-refractivity contribution in [3.8, 4) is 5.88 Å². The van der Waals surface area contributed by atoms with E-state index in [1.54, 1.807) is 16.6 Å². The van der Waals surface area contributed by atoms with Crippen LogP contribution in [0.3, 0.4) is 0 Å². The molecule has 19 heavy (non-hydrogen) atoms. The maximum absolute atomic E-state index is 12.1. The van der Waals surface area contributed by atoms with Crippen molar-refractivity contribution >= 4 is 10.0 Å². The molecule has 6 nitrogen and oxygen atoms in total. The SMILES string of the molecule is O=S(=O)(C1CC1)N1CCC(Oc2ccncn2)CC1. The smallest absolute Gasteiger partial charge is 0.216 e. The van der Waals surface area contributed by atoms with E-state index in [4.69, 9.17) is 4.74 Å². The van der Waals surface area contributed by atoms with E-state index in [0.717, 1.165) is 25.7 Å². The predicted octanol–water partition coefficient (Wildman–Crippen LogP) is 0.812. The molecule has 1 saturated carbocycles. The van der Waals surface area contributed by atoms with Crippen LogP contribution in [0.5, 0.6) is 5.88 Å². The summed E-state index contributed by atoms with van der Waals surface area (Å²) < 4.78 is 31.5. The first-order valence-corrected chi connectivity index (χ1v) is 8.08. The van der Waals surface area contributed by atoms with E-state index in [2.05, 4.69) is 9.97 Å². The topological polar surface area (TPSA) is 72.4 Å². The minimum atomic E-state index is -3.03. The van der Waals surface area contributed by atoms with E-state index in [9.17, 15) is 8.42 Å². The summed E-state index contributed by atoms with van der Waals surface area (Å²) in [7, 11) is -3.03. The first kappa shape index (κ1) is 12.8. The summed E-state index contributed by atoms with van der Waals surface area (Å²) in [6.07, 6.45) is 6.20. The second-order valence-corrected chi connectivity index (χ2v) is 7.22. The lowest BCUT2D eigenvalue weighted by Gasteiger charge is -2.31. The van der Waals surface area contributed by atoms with Gasteiger partial charge in [0.2, 0.25) is 15.9 Å². The fourth-order valence-corrected chi connectivity index (χ4v) is 4.17.